The monoisotopic (exact) mass is 238 g/mol. The average molecular weight is 238 g/mol. The molecule has 0 spiro atoms. The Kier molecular flexibility index (Phi) is 5.59. The van der Waals surface area contributed by atoms with E-state index in [1.807, 2.05) is 13.0 Å². The van der Waals surface area contributed by atoms with Crippen molar-refractivity contribution in [2.45, 2.75) is 33.4 Å². The molecule has 1 N–H and O–H groups in total. The zero-order chi connectivity index (χ0) is 12.8. The maximum absolute atomic E-state index is 13.1. The molecule has 0 fully saturated rings. The molecular formula is C14H23FN2. The van der Waals surface area contributed by atoms with E-state index in [2.05, 4.69) is 31.1 Å². The number of aryl methyl sites for hydroxylation is 1. The Labute approximate surface area is 104 Å². The predicted molar refractivity (Wildman–Crippen MR) is 70.6 cm³/mol. The number of rotatable bonds is 6. The number of likely N-dealkylation sites (N-methyl/N-ethyl adjacent to an activating group) is 1. The van der Waals surface area contributed by atoms with Crippen molar-refractivity contribution in [3.05, 3.63) is 35.1 Å². The van der Waals surface area contributed by atoms with E-state index in [1.54, 1.807) is 6.07 Å². The van der Waals surface area contributed by atoms with Crippen molar-refractivity contribution in [3.8, 4) is 0 Å². The van der Waals surface area contributed by atoms with E-state index >= 15 is 0 Å². The van der Waals surface area contributed by atoms with E-state index in [9.17, 15) is 4.39 Å². The molecule has 0 aliphatic carbocycles. The number of hydrogen-bond donors (Lipinski definition) is 1. The van der Waals surface area contributed by atoms with Gasteiger partial charge in [0, 0.05) is 25.7 Å². The minimum atomic E-state index is -0.160. The Hall–Kier alpha value is -0.930. The highest BCUT2D eigenvalue weighted by atomic mass is 19.1. The molecule has 0 saturated heterocycles. The topological polar surface area (TPSA) is 15.3 Å². The van der Waals surface area contributed by atoms with Crippen molar-refractivity contribution in [3.63, 3.8) is 0 Å². The zero-order valence-electron chi connectivity index (χ0n) is 11.3. The van der Waals surface area contributed by atoms with E-state index in [-0.39, 0.29) is 5.82 Å². The third kappa shape index (κ3) is 4.84. The molecule has 3 heteroatoms. The second-order valence-corrected chi connectivity index (χ2v) is 4.82. The summed E-state index contributed by atoms with van der Waals surface area (Å²) in [6.45, 7) is 9.02. The Bertz CT molecular complexity index is 350. The minimum absolute atomic E-state index is 0.160. The summed E-state index contributed by atoms with van der Waals surface area (Å²) < 4.78 is 13.1. The lowest BCUT2D eigenvalue weighted by Crippen LogP contribution is -2.33. The fraction of sp³-hybridized carbons (Fsp3) is 0.571. The molecule has 0 aromatic heterocycles. The van der Waals surface area contributed by atoms with E-state index in [1.165, 1.54) is 6.07 Å². The van der Waals surface area contributed by atoms with E-state index in [4.69, 9.17) is 0 Å². The first kappa shape index (κ1) is 14.1. The molecule has 0 saturated carbocycles. The summed E-state index contributed by atoms with van der Waals surface area (Å²) in [7, 11) is 2.11. The van der Waals surface area contributed by atoms with Gasteiger partial charge in [0.05, 0.1) is 0 Å². The Balaban J connectivity index is 2.33. The van der Waals surface area contributed by atoms with Crippen LogP contribution >= 0.6 is 0 Å². The molecule has 0 unspecified atom stereocenters. The molecule has 0 aliphatic heterocycles. The molecule has 1 rings (SSSR count). The van der Waals surface area contributed by atoms with Crippen molar-refractivity contribution < 1.29 is 4.39 Å². The summed E-state index contributed by atoms with van der Waals surface area (Å²) in [6.07, 6.45) is 0. The van der Waals surface area contributed by atoms with Gasteiger partial charge in [-0.2, -0.15) is 0 Å². The molecule has 96 valence electrons. The van der Waals surface area contributed by atoms with Gasteiger partial charge in [-0.05, 0) is 51.1 Å². The highest BCUT2D eigenvalue weighted by Crippen LogP contribution is 2.09. The van der Waals surface area contributed by atoms with Crippen LogP contribution in [0.4, 0.5) is 4.39 Å². The molecule has 1 aromatic carbocycles. The first-order chi connectivity index (χ1) is 8.00. The lowest BCUT2D eigenvalue weighted by Gasteiger charge is -2.21. The fourth-order valence-corrected chi connectivity index (χ4v) is 1.57. The van der Waals surface area contributed by atoms with Gasteiger partial charge in [-0.1, -0.05) is 6.07 Å². The molecular weight excluding hydrogens is 215 g/mol. The van der Waals surface area contributed by atoms with Crippen LogP contribution in [0.5, 0.6) is 0 Å². The van der Waals surface area contributed by atoms with Gasteiger partial charge < -0.3 is 10.2 Å². The molecule has 0 radical (unpaired) electrons. The van der Waals surface area contributed by atoms with Crippen molar-refractivity contribution in [2.24, 2.45) is 0 Å². The smallest absolute Gasteiger partial charge is 0.123 e. The molecule has 1 aromatic rings. The van der Waals surface area contributed by atoms with Crippen molar-refractivity contribution in [1.82, 2.24) is 10.2 Å². The predicted octanol–water partition coefficient (Wildman–Crippen LogP) is 2.56. The fourth-order valence-electron chi connectivity index (χ4n) is 1.57. The van der Waals surface area contributed by atoms with Gasteiger partial charge in [0.2, 0.25) is 0 Å². The summed E-state index contributed by atoms with van der Waals surface area (Å²) in [4.78, 5) is 2.28. The maximum atomic E-state index is 13.1. The van der Waals surface area contributed by atoms with Gasteiger partial charge in [0.1, 0.15) is 5.82 Å². The van der Waals surface area contributed by atoms with Crippen molar-refractivity contribution in [1.29, 1.82) is 0 Å². The molecule has 17 heavy (non-hydrogen) atoms. The molecule has 0 aliphatic rings. The number of benzene rings is 1. The first-order valence-electron chi connectivity index (χ1n) is 6.16. The highest BCUT2D eigenvalue weighted by Gasteiger charge is 2.03. The summed E-state index contributed by atoms with van der Waals surface area (Å²) in [6, 6.07) is 5.50. The van der Waals surface area contributed by atoms with Gasteiger partial charge in [-0.3, -0.25) is 0 Å². The van der Waals surface area contributed by atoms with Crippen LogP contribution in [0.1, 0.15) is 25.0 Å². The summed E-state index contributed by atoms with van der Waals surface area (Å²) >= 11 is 0. The van der Waals surface area contributed by atoms with Gasteiger partial charge >= 0.3 is 0 Å². The number of hydrogen-bond acceptors (Lipinski definition) is 2. The van der Waals surface area contributed by atoms with Gasteiger partial charge in [0.25, 0.3) is 0 Å². The SMILES string of the molecule is Cc1ccc(F)cc1CNCCN(C)C(C)C. The normalized spacial score (nSPS) is 11.5. The Morgan fingerprint density at radius 2 is 2.06 bits per heavy atom. The quantitative estimate of drug-likeness (QED) is 0.766. The number of nitrogens with one attached hydrogen (secondary N) is 1. The van der Waals surface area contributed by atoms with Gasteiger partial charge in [-0.25, -0.2) is 4.39 Å². The minimum Gasteiger partial charge on any atom is -0.311 e. The largest absolute Gasteiger partial charge is 0.311 e. The number of nitrogens with zero attached hydrogens (tertiary/aromatic N) is 1. The molecule has 0 amide bonds. The maximum Gasteiger partial charge on any atom is 0.123 e. The van der Waals surface area contributed by atoms with E-state index < -0.39 is 0 Å². The van der Waals surface area contributed by atoms with E-state index in [0.717, 1.165) is 30.8 Å². The molecule has 0 bridgehead atoms. The van der Waals surface area contributed by atoms with Crippen LogP contribution in [-0.2, 0) is 6.54 Å². The van der Waals surface area contributed by atoms with Crippen LogP contribution in [-0.4, -0.2) is 31.1 Å². The van der Waals surface area contributed by atoms with E-state index in [0.29, 0.717) is 6.04 Å². The molecule has 0 atom stereocenters. The summed E-state index contributed by atoms with van der Waals surface area (Å²) in [5, 5.41) is 3.35. The lowest BCUT2D eigenvalue weighted by atomic mass is 10.1. The van der Waals surface area contributed by atoms with Crippen LogP contribution in [0, 0.1) is 12.7 Å². The van der Waals surface area contributed by atoms with Crippen LogP contribution < -0.4 is 5.32 Å². The Morgan fingerprint density at radius 1 is 1.35 bits per heavy atom. The van der Waals surface area contributed by atoms with Crippen molar-refractivity contribution >= 4 is 0 Å². The van der Waals surface area contributed by atoms with Crippen LogP contribution in [0.15, 0.2) is 18.2 Å². The van der Waals surface area contributed by atoms with Gasteiger partial charge in [0.15, 0.2) is 0 Å². The molecule has 0 heterocycles. The van der Waals surface area contributed by atoms with Gasteiger partial charge in [-0.15, -0.1) is 0 Å². The first-order valence-corrected chi connectivity index (χ1v) is 6.16. The average Bonchev–Trinajstić information content (AvgIpc) is 2.28. The highest BCUT2D eigenvalue weighted by molar-refractivity contribution is 5.26. The lowest BCUT2D eigenvalue weighted by molar-refractivity contribution is 0.273. The summed E-state index contributed by atoms with van der Waals surface area (Å²) in [5.41, 5.74) is 2.17. The second kappa shape index (κ2) is 6.72. The third-order valence-electron chi connectivity index (χ3n) is 3.15. The van der Waals surface area contributed by atoms with Crippen LogP contribution in [0.3, 0.4) is 0 Å². The molecule has 2 nitrogen and oxygen atoms in total. The third-order valence-corrected chi connectivity index (χ3v) is 3.15. The zero-order valence-corrected chi connectivity index (χ0v) is 11.3. The van der Waals surface area contributed by atoms with Crippen LogP contribution in [0.25, 0.3) is 0 Å². The summed E-state index contributed by atoms with van der Waals surface area (Å²) in [5.74, 6) is -0.160. The van der Waals surface area contributed by atoms with Crippen molar-refractivity contribution in [2.75, 3.05) is 20.1 Å². The van der Waals surface area contributed by atoms with Crippen LogP contribution in [0.2, 0.25) is 0 Å². The standard InChI is InChI=1S/C14H23FN2/c1-11(2)17(4)8-7-16-10-13-9-14(15)6-5-12(13)3/h5-6,9,11,16H,7-8,10H2,1-4H3. The number of halogens is 1. The Morgan fingerprint density at radius 3 is 2.71 bits per heavy atom. The second-order valence-electron chi connectivity index (χ2n) is 4.82.